The van der Waals surface area contributed by atoms with Crippen LogP contribution in [-0.2, 0) is 12.8 Å². The van der Waals surface area contributed by atoms with Crippen LogP contribution in [0.4, 0.5) is 5.82 Å². The van der Waals surface area contributed by atoms with Crippen molar-refractivity contribution in [3.63, 3.8) is 0 Å². The third-order valence-electron chi connectivity index (χ3n) is 3.36. The third kappa shape index (κ3) is 4.38. The van der Waals surface area contributed by atoms with E-state index < -0.39 is 0 Å². The van der Waals surface area contributed by atoms with Gasteiger partial charge in [-0.2, -0.15) is 0 Å². The second-order valence-electron chi connectivity index (χ2n) is 4.80. The van der Waals surface area contributed by atoms with Crippen LogP contribution in [0.25, 0.3) is 0 Å². The van der Waals surface area contributed by atoms with Crippen molar-refractivity contribution in [1.29, 1.82) is 0 Å². The van der Waals surface area contributed by atoms with Gasteiger partial charge in [-0.3, -0.25) is 0 Å². The van der Waals surface area contributed by atoms with Crippen molar-refractivity contribution in [1.82, 2.24) is 10.3 Å². The van der Waals surface area contributed by atoms with E-state index in [1.165, 1.54) is 11.1 Å². The monoisotopic (exact) mass is 255 g/mol. The van der Waals surface area contributed by atoms with Crippen molar-refractivity contribution < 1.29 is 0 Å². The zero-order chi connectivity index (χ0) is 13.5. The number of aromatic nitrogens is 1. The zero-order valence-electron chi connectivity index (χ0n) is 11.3. The van der Waals surface area contributed by atoms with Crippen molar-refractivity contribution in [3.05, 3.63) is 59.8 Å². The molecule has 2 aromatic rings. The van der Waals surface area contributed by atoms with Crippen molar-refractivity contribution in [3.8, 4) is 0 Å². The van der Waals surface area contributed by atoms with E-state index in [1.807, 2.05) is 19.2 Å². The number of benzene rings is 1. The summed E-state index contributed by atoms with van der Waals surface area (Å²) in [4.78, 5) is 4.02. The van der Waals surface area contributed by atoms with Gasteiger partial charge in [0.05, 0.1) is 0 Å². The number of rotatable bonds is 6. The maximum absolute atomic E-state index is 5.71. The van der Waals surface area contributed by atoms with Gasteiger partial charge in [-0.1, -0.05) is 30.3 Å². The van der Waals surface area contributed by atoms with E-state index in [9.17, 15) is 0 Å². The average Bonchev–Trinajstić information content (AvgIpc) is 2.44. The molecule has 100 valence electrons. The summed E-state index contributed by atoms with van der Waals surface area (Å²) in [5.74, 6) is 0.593. The van der Waals surface area contributed by atoms with Crippen LogP contribution in [0.15, 0.2) is 48.7 Å². The minimum absolute atomic E-state index is 0.460. The maximum Gasteiger partial charge on any atom is 0.123 e. The molecule has 0 amide bonds. The summed E-state index contributed by atoms with van der Waals surface area (Å²) >= 11 is 0. The average molecular weight is 255 g/mol. The van der Waals surface area contributed by atoms with Crippen LogP contribution in [-0.4, -0.2) is 18.1 Å². The van der Waals surface area contributed by atoms with Gasteiger partial charge in [-0.25, -0.2) is 4.98 Å². The van der Waals surface area contributed by atoms with Gasteiger partial charge >= 0.3 is 0 Å². The van der Waals surface area contributed by atoms with Gasteiger partial charge in [0.15, 0.2) is 0 Å². The minimum Gasteiger partial charge on any atom is -0.384 e. The Morgan fingerprint density at radius 3 is 2.63 bits per heavy atom. The third-order valence-corrected chi connectivity index (χ3v) is 3.36. The van der Waals surface area contributed by atoms with E-state index >= 15 is 0 Å². The second-order valence-corrected chi connectivity index (χ2v) is 4.80. The SMILES string of the molecule is CNC(CCc1ccccc1)Cc1ccnc(N)c1. The van der Waals surface area contributed by atoms with Crippen LogP contribution in [0.2, 0.25) is 0 Å². The quantitative estimate of drug-likeness (QED) is 0.833. The highest BCUT2D eigenvalue weighted by atomic mass is 14.9. The first-order valence-corrected chi connectivity index (χ1v) is 6.69. The van der Waals surface area contributed by atoms with Gasteiger partial charge in [0.25, 0.3) is 0 Å². The zero-order valence-corrected chi connectivity index (χ0v) is 11.3. The molecule has 0 bridgehead atoms. The molecule has 0 aliphatic heterocycles. The van der Waals surface area contributed by atoms with E-state index in [0.717, 1.165) is 19.3 Å². The van der Waals surface area contributed by atoms with Gasteiger partial charge in [-0.05, 0) is 49.6 Å². The first-order chi connectivity index (χ1) is 9.28. The van der Waals surface area contributed by atoms with Crippen LogP contribution < -0.4 is 11.1 Å². The fourth-order valence-electron chi connectivity index (χ4n) is 2.24. The highest BCUT2D eigenvalue weighted by Gasteiger charge is 2.08. The number of aryl methyl sites for hydroxylation is 1. The molecule has 0 saturated carbocycles. The highest BCUT2D eigenvalue weighted by Crippen LogP contribution is 2.11. The largest absolute Gasteiger partial charge is 0.384 e. The Hall–Kier alpha value is -1.87. The fourth-order valence-corrected chi connectivity index (χ4v) is 2.24. The topological polar surface area (TPSA) is 50.9 Å². The van der Waals surface area contributed by atoms with Crippen LogP contribution >= 0.6 is 0 Å². The van der Waals surface area contributed by atoms with Crippen molar-refractivity contribution >= 4 is 5.82 Å². The molecule has 0 aliphatic rings. The number of nitrogens with one attached hydrogen (secondary N) is 1. The minimum atomic E-state index is 0.460. The lowest BCUT2D eigenvalue weighted by Gasteiger charge is -2.16. The summed E-state index contributed by atoms with van der Waals surface area (Å²) in [5.41, 5.74) is 8.33. The Balaban J connectivity index is 1.90. The molecule has 19 heavy (non-hydrogen) atoms. The van der Waals surface area contributed by atoms with E-state index in [-0.39, 0.29) is 0 Å². The predicted molar refractivity (Wildman–Crippen MR) is 80.0 cm³/mol. The molecule has 1 heterocycles. The lowest BCUT2D eigenvalue weighted by atomic mass is 10.00. The van der Waals surface area contributed by atoms with E-state index in [1.54, 1.807) is 6.20 Å². The molecule has 0 spiro atoms. The first-order valence-electron chi connectivity index (χ1n) is 6.69. The molecule has 0 saturated heterocycles. The molecule has 1 aromatic carbocycles. The lowest BCUT2D eigenvalue weighted by Crippen LogP contribution is -2.28. The Bertz CT molecular complexity index is 496. The molecular weight excluding hydrogens is 234 g/mol. The Labute approximate surface area is 114 Å². The Kier molecular flexibility index (Phi) is 4.93. The molecule has 1 aromatic heterocycles. The van der Waals surface area contributed by atoms with Gasteiger partial charge in [0.2, 0.25) is 0 Å². The Morgan fingerprint density at radius 1 is 1.16 bits per heavy atom. The molecule has 3 N–H and O–H groups in total. The maximum atomic E-state index is 5.71. The summed E-state index contributed by atoms with van der Waals surface area (Å²) in [6.45, 7) is 0. The van der Waals surface area contributed by atoms with Gasteiger partial charge in [0, 0.05) is 12.2 Å². The lowest BCUT2D eigenvalue weighted by molar-refractivity contribution is 0.520. The fraction of sp³-hybridized carbons (Fsp3) is 0.312. The number of hydrogen-bond donors (Lipinski definition) is 2. The van der Waals surface area contributed by atoms with E-state index in [2.05, 4.69) is 40.6 Å². The van der Waals surface area contributed by atoms with Crippen molar-refractivity contribution in [2.75, 3.05) is 12.8 Å². The van der Waals surface area contributed by atoms with E-state index in [0.29, 0.717) is 11.9 Å². The number of anilines is 1. The summed E-state index contributed by atoms with van der Waals surface area (Å²) in [6, 6.07) is 15.0. The molecular formula is C16H21N3. The predicted octanol–water partition coefficient (Wildman–Crippen LogP) is 2.43. The number of nitrogens with zero attached hydrogens (tertiary/aromatic N) is 1. The molecule has 0 radical (unpaired) electrons. The molecule has 0 aliphatic carbocycles. The number of likely N-dealkylation sites (N-methyl/N-ethyl adjacent to an activating group) is 1. The highest BCUT2D eigenvalue weighted by molar-refractivity contribution is 5.32. The smallest absolute Gasteiger partial charge is 0.123 e. The standard InChI is InChI=1S/C16H21N3/c1-18-15(8-7-13-5-3-2-4-6-13)11-14-9-10-19-16(17)12-14/h2-6,9-10,12,15,18H,7-8,11H2,1H3,(H2,17,19). The molecule has 3 heteroatoms. The van der Waals surface area contributed by atoms with Gasteiger partial charge in [-0.15, -0.1) is 0 Å². The summed E-state index contributed by atoms with van der Waals surface area (Å²) < 4.78 is 0. The van der Waals surface area contributed by atoms with Crippen LogP contribution in [0.5, 0.6) is 0 Å². The Morgan fingerprint density at radius 2 is 1.95 bits per heavy atom. The summed E-state index contributed by atoms with van der Waals surface area (Å²) in [5, 5.41) is 3.38. The number of nitrogens with two attached hydrogens (primary N) is 1. The van der Waals surface area contributed by atoms with Crippen molar-refractivity contribution in [2.45, 2.75) is 25.3 Å². The van der Waals surface area contributed by atoms with Crippen LogP contribution in [0, 0.1) is 0 Å². The summed E-state index contributed by atoms with van der Waals surface area (Å²) in [7, 11) is 2.01. The number of pyridine rings is 1. The van der Waals surface area contributed by atoms with Crippen LogP contribution in [0.1, 0.15) is 17.5 Å². The van der Waals surface area contributed by atoms with E-state index in [4.69, 9.17) is 5.73 Å². The summed E-state index contributed by atoms with van der Waals surface area (Å²) in [6.07, 6.45) is 4.96. The van der Waals surface area contributed by atoms with Gasteiger partial charge < -0.3 is 11.1 Å². The number of hydrogen-bond acceptors (Lipinski definition) is 3. The molecule has 3 nitrogen and oxygen atoms in total. The normalized spacial score (nSPS) is 12.3. The van der Waals surface area contributed by atoms with Gasteiger partial charge in [0.1, 0.15) is 5.82 Å². The van der Waals surface area contributed by atoms with Crippen molar-refractivity contribution in [2.24, 2.45) is 0 Å². The molecule has 1 atom stereocenters. The molecule has 2 rings (SSSR count). The number of nitrogen functional groups attached to an aromatic ring is 1. The van der Waals surface area contributed by atoms with Crippen LogP contribution in [0.3, 0.4) is 0 Å². The molecule has 0 fully saturated rings. The second kappa shape index (κ2) is 6.90. The molecule has 1 unspecified atom stereocenters. The first kappa shape index (κ1) is 13.6.